The summed E-state index contributed by atoms with van der Waals surface area (Å²) >= 11 is 16.3. The van der Waals surface area contributed by atoms with Gasteiger partial charge in [-0.2, -0.15) is 0 Å². The average molecular weight is 722 g/mol. The molecule has 232 valence electrons. The molecular formula is C31H32BrCl2N5O4S. The van der Waals surface area contributed by atoms with E-state index < -0.39 is 15.6 Å². The van der Waals surface area contributed by atoms with E-state index in [-0.39, 0.29) is 38.1 Å². The summed E-state index contributed by atoms with van der Waals surface area (Å²) in [6, 6.07) is 19.8. The van der Waals surface area contributed by atoms with Crippen LogP contribution in [-0.4, -0.2) is 59.7 Å². The van der Waals surface area contributed by atoms with Crippen molar-refractivity contribution in [1.29, 1.82) is 0 Å². The maximum absolute atomic E-state index is 13.6. The van der Waals surface area contributed by atoms with Crippen LogP contribution in [0, 0.1) is 6.92 Å². The topological polar surface area (TPSA) is 96.7 Å². The predicted octanol–water partition coefficient (Wildman–Crippen LogP) is 6.26. The predicted molar refractivity (Wildman–Crippen MR) is 178 cm³/mol. The molecule has 1 fully saturated rings. The number of para-hydroxylation sites is 1. The minimum atomic E-state index is -4.38. The van der Waals surface area contributed by atoms with E-state index in [1.165, 1.54) is 22.4 Å². The number of halogens is 3. The molecule has 1 unspecified atom stereocenters. The largest absolute Gasteiger partial charge is 0.336 e. The number of carbonyl (C=O) groups is 1. The molecule has 0 spiro atoms. The molecule has 9 nitrogen and oxygen atoms in total. The summed E-state index contributed by atoms with van der Waals surface area (Å²) < 4.78 is 33.6. The van der Waals surface area contributed by atoms with Crippen molar-refractivity contribution in [2.45, 2.75) is 31.2 Å². The summed E-state index contributed by atoms with van der Waals surface area (Å²) in [6.07, 6.45) is 0.921. The lowest BCUT2D eigenvalue weighted by molar-refractivity contribution is 0.0562. The van der Waals surface area contributed by atoms with Crippen molar-refractivity contribution in [3.63, 3.8) is 0 Å². The van der Waals surface area contributed by atoms with Gasteiger partial charge in [0.15, 0.2) is 0 Å². The highest BCUT2D eigenvalue weighted by Gasteiger charge is 2.30. The van der Waals surface area contributed by atoms with Crippen molar-refractivity contribution in [3.8, 4) is 5.69 Å². The molecule has 1 saturated heterocycles. The third kappa shape index (κ3) is 6.34. The van der Waals surface area contributed by atoms with Crippen LogP contribution in [0.15, 0.2) is 80.9 Å². The van der Waals surface area contributed by atoms with Crippen molar-refractivity contribution in [1.82, 2.24) is 19.2 Å². The number of anilines is 1. The van der Waals surface area contributed by atoms with Crippen LogP contribution in [0.25, 0.3) is 5.69 Å². The molecule has 1 N–H and O–H groups in total. The lowest BCUT2D eigenvalue weighted by Gasteiger charge is -2.39. The van der Waals surface area contributed by atoms with Crippen molar-refractivity contribution < 1.29 is 13.2 Å². The zero-order valence-corrected chi connectivity index (χ0v) is 28.3. The van der Waals surface area contributed by atoms with Gasteiger partial charge in [-0.1, -0.05) is 76.4 Å². The van der Waals surface area contributed by atoms with E-state index in [1.807, 2.05) is 18.2 Å². The number of hydrogen-bond acceptors (Lipinski definition) is 5. The van der Waals surface area contributed by atoms with Crippen LogP contribution in [0.3, 0.4) is 0 Å². The Balaban J connectivity index is 1.37. The van der Waals surface area contributed by atoms with Crippen LogP contribution < -0.4 is 10.3 Å². The number of aromatic nitrogens is 2. The Morgan fingerprint density at radius 2 is 1.61 bits per heavy atom. The number of nitrogens with one attached hydrogen (secondary N) is 1. The van der Waals surface area contributed by atoms with E-state index in [2.05, 4.69) is 44.6 Å². The van der Waals surface area contributed by atoms with Crippen LogP contribution >= 0.6 is 39.1 Å². The summed E-state index contributed by atoms with van der Waals surface area (Å²) in [7, 11) is -2.72. The quantitative estimate of drug-likeness (QED) is 0.232. The summed E-state index contributed by atoms with van der Waals surface area (Å²) in [5.41, 5.74) is 1.54. The molecule has 0 saturated carbocycles. The van der Waals surface area contributed by atoms with E-state index in [9.17, 15) is 18.0 Å². The van der Waals surface area contributed by atoms with E-state index in [1.54, 1.807) is 47.8 Å². The molecule has 5 rings (SSSR count). The number of rotatable bonds is 8. The van der Waals surface area contributed by atoms with E-state index in [4.69, 9.17) is 23.2 Å². The van der Waals surface area contributed by atoms with Gasteiger partial charge in [-0.15, -0.1) is 0 Å². The van der Waals surface area contributed by atoms with Gasteiger partial charge >= 0.3 is 0 Å². The Morgan fingerprint density at radius 1 is 0.977 bits per heavy atom. The third-order valence-electron chi connectivity index (χ3n) is 8.02. The molecule has 4 aromatic rings. The molecule has 0 aliphatic carbocycles. The van der Waals surface area contributed by atoms with Gasteiger partial charge in [0, 0.05) is 43.7 Å². The van der Waals surface area contributed by atoms with E-state index >= 15 is 0 Å². The lowest BCUT2D eigenvalue weighted by atomic mass is 10.0. The fourth-order valence-corrected chi connectivity index (χ4v) is 7.81. The Labute approximate surface area is 275 Å². The molecule has 1 aliphatic rings. The highest BCUT2D eigenvalue weighted by Crippen LogP contribution is 2.32. The van der Waals surface area contributed by atoms with Gasteiger partial charge in [0.2, 0.25) is 0 Å². The van der Waals surface area contributed by atoms with Gasteiger partial charge in [-0.05, 0) is 55.3 Å². The number of nitrogens with zero attached hydrogens (tertiary/aromatic N) is 4. The number of sulfonamides is 1. The van der Waals surface area contributed by atoms with Gasteiger partial charge in [-0.25, -0.2) is 13.1 Å². The van der Waals surface area contributed by atoms with Crippen LogP contribution in [0.2, 0.25) is 10.0 Å². The van der Waals surface area contributed by atoms with Crippen molar-refractivity contribution in [2.24, 2.45) is 7.05 Å². The normalized spacial score (nSPS) is 14.9. The van der Waals surface area contributed by atoms with Crippen LogP contribution in [0.1, 0.15) is 41.0 Å². The molecule has 0 radical (unpaired) electrons. The SMILES string of the molecule is CCC(c1ccc(Br)cc1)N1CCN(C(=O)c2cc(S(=O)(=O)Nc3c(C)n(C)n(-c4ccccc4)c3=O)c(Cl)cc2Cl)CC1. The number of benzene rings is 3. The van der Waals surface area contributed by atoms with Crippen molar-refractivity contribution >= 4 is 60.7 Å². The van der Waals surface area contributed by atoms with Gasteiger partial charge in [0.25, 0.3) is 21.5 Å². The molecule has 0 bridgehead atoms. The second-order valence-electron chi connectivity index (χ2n) is 10.6. The van der Waals surface area contributed by atoms with Gasteiger partial charge in [0.05, 0.1) is 27.0 Å². The molecular weight excluding hydrogens is 689 g/mol. The first kappa shape index (κ1) is 32.3. The fraction of sp³-hybridized carbons (Fsp3) is 0.290. The monoisotopic (exact) mass is 719 g/mol. The first-order valence-corrected chi connectivity index (χ1v) is 17.1. The number of amides is 1. The minimum absolute atomic E-state index is 0.0244. The zero-order chi connectivity index (χ0) is 31.8. The molecule has 1 aliphatic heterocycles. The molecule has 44 heavy (non-hydrogen) atoms. The second-order valence-corrected chi connectivity index (χ2v) is 14.0. The minimum Gasteiger partial charge on any atom is -0.336 e. The summed E-state index contributed by atoms with van der Waals surface area (Å²) in [5.74, 6) is -0.387. The van der Waals surface area contributed by atoms with Gasteiger partial charge in [-0.3, -0.25) is 23.9 Å². The first-order valence-electron chi connectivity index (χ1n) is 14.1. The Hall–Kier alpha value is -3.09. The van der Waals surface area contributed by atoms with Crippen molar-refractivity contribution in [2.75, 3.05) is 30.9 Å². The maximum Gasteiger partial charge on any atom is 0.296 e. The highest BCUT2D eigenvalue weighted by atomic mass is 79.9. The maximum atomic E-state index is 13.6. The molecule has 3 aromatic carbocycles. The summed E-state index contributed by atoms with van der Waals surface area (Å²) in [6.45, 7) is 5.98. The summed E-state index contributed by atoms with van der Waals surface area (Å²) in [5, 5.41) is -0.119. The molecule has 2 heterocycles. The number of hydrogen-bond donors (Lipinski definition) is 1. The molecule has 1 aromatic heterocycles. The Morgan fingerprint density at radius 3 is 2.23 bits per heavy atom. The lowest BCUT2D eigenvalue weighted by Crippen LogP contribution is -2.49. The standard InChI is InChI=1S/C31H32BrCl2N5O4S/c1-4-27(21-10-12-22(32)13-11-21)37-14-16-38(17-15-37)30(40)24-18-28(26(34)19-25(24)33)44(42,43)35-29-20(2)36(3)39(31(29)41)23-8-6-5-7-9-23/h5-13,18-19,27,35H,4,14-17H2,1-3H3. The van der Waals surface area contributed by atoms with Crippen molar-refractivity contribution in [3.05, 3.63) is 108 Å². The Kier molecular flexibility index (Phi) is 9.62. The number of piperazine rings is 1. The van der Waals surface area contributed by atoms with E-state index in [0.29, 0.717) is 37.6 Å². The highest BCUT2D eigenvalue weighted by molar-refractivity contribution is 9.10. The second kappa shape index (κ2) is 13.1. The summed E-state index contributed by atoms with van der Waals surface area (Å²) in [4.78, 5) is 30.6. The van der Waals surface area contributed by atoms with E-state index in [0.717, 1.165) is 10.9 Å². The van der Waals surface area contributed by atoms with Gasteiger partial charge in [0.1, 0.15) is 10.6 Å². The Bertz CT molecular complexity index is 1850. The first-order chi connectivity index (χ1) is 20.9. The smallest absolute Gasteiger partial charge is 0.296 e. The number of carbonyl (C=O) groups excluding carboxylic acids is 1. The fourth-order valence-electron chi connectivity index (χ4n) is 5.57. The molecule has 1 atom stereocenters. The average Bonchev–Trinajstić information content (AvgIpc) is 3.21. The van der Waals surface area contributed by atoms with Gasteiger partial charge < -0.3 is 4.90 Å². The molecule has 1 amide bonds. The van der Waals surface area contributed by atoms with Crippen LogP contribution in [0.4, 0.5) is 5.69 Å². The third-order valence-corrected chi connectivity index (χ3v) is 10.7. The van der Waals surface area contributed by atoms with Crippen LogP contribution in [-0.2, 0) is 17.1 Å². The zero-order valence-electron chi connectivity index (χ0n) is 24.4. The molecule has 13 heteroatoms. The van der Waals surface area contributed by atoms with Crippen LogP contribution in [0.5, 0.6) is 0 Å².